The molecular formula is C22H26O11. The molecule has 4 heterocycles. The standard InChI is InChI=1S/C22H26O11/c1-7-14(25)31-13-12(29-8(2)23)20-10-6-9(18(3,4)5)19(20)11(24)15(26)32-17(19)33-22(20,16(27)30-10)21(7,13)28/h7,9-13,17,24,28H,6H2,1-5H3/t7-,9+,10-,11+,12+,13+,17-,19+,20-,21-,22+/m1/s1. The molecule has 4 saturated heterocycles. The van der Waals surface area contributed by atoms with Gasteiger partial charge in [-0.3, -0.25) is 9.59 Å². The van der Waals surface area contributed by atoms with Crippen LogP contribution in [-0.4, -0.2) is 76.0 Å². The molecule has 0 bridgehead atoms. The summed E-state index contributed by atoms with van der Waals surface area (Å²) in [7, 11) is 0. The van der Waals surface area contributed by atoms with Gasteiger partial charge < -0.3 is 33.9 Å². The zero-order chi connectivity index (χ0) is 24.1. The molecule has 2 spiro atoms. The lowest BCUT2D eigenvalue weighted by atomic mass is 9.51. The molecular weight excluding hydrogens is 440 g/mol. The van der Waals surface area contributed by atoms with Crippen LogP contribution in [-0.2, 0) is 42.9 Å². The summed E-state index contributed by atoms with van der Waals surface area (Å²) in [5, 5.41) is 23.5. The summed E-state index contributed by atoms with van der Waals surface area (Å²) >= 11 is 0. The quantitative estimate of drug-likeness (QED) is 0.369. The molecule has 11 atom stereocenters. The van der Waals surface area contributed by atoms with E-state index in [1.165, 1.54) is 6.92 Å². The van der Waals surface area contributed by atoms with E-state index in [1.54, 1.807) is 0 Å². The van der Waals surface area contributed by atoms with Crippen LogP contribution in [0.15, 0.2) is 0 Å². The Labute approximate surface area is 188 Å². The monoisotopic (exact) mass is 466 g/mol. The van der Waals surface area contributed by atoms with Gasteiger partial charge in [0.25, 0.3) is 0 Å². The van der Waals surface area contributed by atoms with Crippen LogP contribution in [0, 0.1) is 28.1 Å². The van der Waals surface area contributed by atoms with E-state index in [-0.39, 0.29) is 6.42 Å². The van der Waals surface area contributed by atoms with Crippen LogP contribution < -0.4 is 0 Å². The van der Waals surface area contributed by atoms with E-state index in [2.05, 4.69) is 0 Å². The number of hydrogen-bond acceptors (Lipinski definition) is 11. The van der Waals surface area contributed by atoms with E-state index in [0.717, 1.165) is 6.92 Å². The SMILES string of the molecule is CC(=O)O[C@H]1[C@@H]2OC(=O)[C@@H](C)[C@]2(O)[C@]23O[C@H]4OC(=O)[C@H](O)[C@@]45[C@H](C(C)(C)C)C[C@@H](OC2=O)[C@@]153. The fraction of sp³-hybridized carbons (Fsp3) is 0.818. The van der Waals surface area contributed by atoms with Crippen molar-refractivity contribution in [1.82, 2.24) is 0 Å². The summed E-state index contributed by atoms with van der Waals surface area (Å²) in [6, 6.07) is 0. The molecule has 2 N–H and O–H groups in total. The van der Waals surface area contributed by atoms with Crippen molar-refractivity contribution in [2.24, 2.45) is 28.1 Å². The number of carbonyl (C=O) groups is 4. The third-order valence-corrected chi connectivity index (χ3v) is 9.26. The minimum absolute atomic E-state index is 0.202. The van der Waals surface area contributed by atoms with Crippen molar-refractivity contribution in [3.63, 3.8) is 0 Å². The molecule has 0 unspecified atom stereocenters. The van der Waals surface area contributed by atoms with Crippen molar-refractivity contribution in [3.05, 3.63) is 0 Å². The first-order valence-electron chi connectivity index (χ1n) is 11.1. The number of aliphatic hydroxyl groups is 2. The minimum Gasteiger partial charge on any atom is -0.459 e. The summed E-state index contributed by atoms with van der Waals surface area (Å²) in [6.45, 7) is 8.27. The maximum absolute atomic E-state index is 13.6. The lowest BCUT2D eigenvalue weighted by Crippen LogP contribution is -2.67. The molecule has 0 aromatic heterocycles. The first-order chi connectivity index (χ1) is 15.2. The van der Waals surface area contributed by atoms with E-state index < -0.39 is 93.9 Å². The molecule has 6 aliphatic rings. The molecule has 6 rings (SSSR count). The predicted molar refractivity (Wildman–Crippen MR) is 102 cm³/mol. The summed E-state index contributed by atoms with van der Waals surface area (Å²) in [5.41, 5.74) is -8.43. The molecule has 6 fully saturated rings. The van der Waals surface area contributed by atoms with Crippen molar-refractivity contribution in [3.8, 4) is 0 Å². The van der Waals surface area contributed by atoms with Crippen molar-refractivity contribution < 1.29 is 53.1 Å². The first-order valence-corrected chi connectivity index (χ1v) is 11.1. The molecule has 0 amide bonds. The van der Waals surface area contributed by atoms with Crippen LogP contribution in [0.25, 0.3) is 0 Å². The Hall–Kier alpha value is -2.24. The van der Waals surface area contributed by atoms with Crippen molar-refractivity contribution in [2.75, 3.05) is 0 Å². The largest absolute Gasteiger partial charge is 0.459 e. The van der Waals surface area contributed by atoms with Crippen LogP contribution in [0.1, 0.15) is 41.0 Å². The second kappa shape index (κ2) is 5.52. The van der Waals surface area contributed by atoms with Crippen LogP contribution in [0.4, 0.5) is 0 Å². The van der Waals surface area contributed by atoms with Crippen LogP contribution in [0.5, 0.6) is 0 Å². The summed E-state index contributed by atoms with van der Waals surface area (Å²) in [6.07, 6.45) is -6.85. The Morgan fingerprint density at radius 1 is 1.12 bits per heavy atom. The molecule has 0 aromatic carbocycles. The molecule has 0 radical (unpaired) electrons. The maximum Gasteiger partial charge on any atom is 0.343 e. The predicted octanol–water partition coefficient (Wildman–Crippen LogP) is -0.799. The zero-order valence-electron chi connectivity index (χ0n) is 18.8. The molecule has 11 nitrogen and oxygen atoms in total. The van der Waals surface area contributed by atoms with E-state index in [4.69, 9.17) is 23.7 Å². The Morgan fingerprint density at radius 2 is 1.79 bits per heavy atom. The third kappa shape index (κ3) is 1.71. The normalized spacial score (nSPS) is 55.5. The Kier molecular flexibility index (Phi) is 3.57. The molecule has 4 aliphatic heterocycles. The van der Waals surface area contributed by atoms with Crippen LogP contribution in [0.2, 0.25) is 0 Å². The molecule has 33 heavy (non-hydrogen) atoms. The zero-order valence-corrected chi connectivity index (χ0v) is 18.8. The number of fused-ring (bicyclic) bond motifs is 1. The Balaban J connectivity index is 1.74. The van der Waals surface area contributed by atoms with E-state index in [9.17, 15) is 29.4 Å². The van der Waals surface area contributed by atoms with Gasteiger partial charge in [-0.2, -0.15) is 0 Å². The summed E-state index contributed by atoms with van der Waals surface area (Å²) in [4.78, 5) is 51.2. The summed E-state index contributed by atoms with van der Waals surface area (Å²) in [5.74, 6) is -5.20. The first kappa shape index (κ1) is 21.3. The Bertz CT molecular complexity index is 1030. The number of esters is 4. The van der Waals surface area contributed by atoms with Crippen LogP contribution in [0.3, 0.4) is 0 Å². The molecule has 2 saturated carbocycles. The minimum atomic E-state index is -2.29. The van der Waals surface area contributed by atoms with Gasteiger partial charge in [-0.25, -0.2) is 9.59 Å². The highest BCUT2D eigenvalue weighted by Gasteiger charge is 3.04. The topological polar surface area (TPSA) is 155 Å². The fourth-order valence-corrected chi connectivity index (χ4v) is 8.41. The van der Waals surface area contributed by atoms with E-state index in [0.29, 0.717) is 0 Å². The number of carbonyl (C=O) groups excluding carboxylic acids is 4. The number of hydrogen-bond donors (Lipinski definition) is 2. The number of ether oxygens (including phenoxy) is 5. The van der Waals surface area contributed by atoms with E-state index >= 15 is 0 Å². The van der Waals surface area contributed by atoms with Gasteiger partial charge in [-0.1, -0.05) is 20.8 Å². The van der Waals surface area contributed by atoms with Gasteiger partial charge in [0.1, 0.15) is 11.5 Å². The highest BCUT2D eigenvalue weighted by atomic mass is 16.8. The van der Waals surface area contributed by atoms with Gasteiger partial charge in [-0.15, -0.1) is 0 Å². The second-order valence-electron chi connectivity index (χ2n) is 11.3. The maximum atomic E-state index is 13.6. The molecule has 180 valence electrons. The smallest absolute Gasteiger partial charge is 0.343 e. The van der Waals surface area contributed by atoms with Gasteiger partial charge in [0.05, 0.1) is 11.3 Å². The number of aliphatic hydroxyl groups excluding tert-OH is 1. The van der Waals surface area contributed by atoms with Gasteiger partial charge in [-0.05, 0) is 24.7 Å². The van der Waals surface area contributed by atoms with Gasteiger partial charge >= 0.3 is 23.9 Å². The average molecular weight is 466 g/mol. The van der Waals surface area contributed by atoms with Crippen LogP contribution >= 0.6 is 0 Å². The molecule has 2 aliphatic carbocycles. The molecule has 11 heteroatoms. The summed E-state index contributed by atoms with van der Waals surface area (Å²) < 4.78 is 28.7. The third-order valence-electron chi connectivity index (χ3n) is 9.26. The average Bonchev–Trinajstić information content (AvgIpc) is 3.40. The van der Waals surface area contributed by atoms with Crippen molar-refractivity contribution >= 4 is 23.9 Å². The number of rotatable bonds is 1. The van der Waals surface area contributed by atoms with Crippen molar-refractivity contribution in [1.29, 1.82) is 0 Å². The highest BCUT2D eigenvalue weighted by molar-refractivity contribution is 5.94. The van der Waals surface area contributed by atoms with Gasteiger partial charge in [0, 0.05) is 6.92 Å². The van der Waals surface area contributed by atoms with Crippen molar-refractivity contribution in [2.45, 2.75) is 82.9 Å². The second-order valence-corrected chi connectivity index (χ2v) is 11.3. The van der Waals surface area contributed by atoms with Gasteiger partial charge in [0.15, 0.2) is 23.9 Å². The lowest BCUT2D eigenvalue weighted by molar-refractivity contribution is -0.240. The molecule has 0 aromatic rings. The highest BCUT2D eigenvalue weighted by Crippen LogP contribution is 2.85. The fourth-order valence-electron chi connectivity index (χ4n) is 8.41. The van der Waals surface area contributed by atoms with Gasteiger partial charge in [0.2, 0.25) is 11.9 Å². The lowest BCUT2D eigenvalue weighted by Gasteiger charge is -2.48. The Morgan fingerprint density at radius 3 is 2.39 bits per heavy atom. The van der Waals surface area contributed by atoms with E-state index in [1.807, 2.05) is 20.8 Å².